The van der Waals surface area contributed by atoms with E-state index in [1.807, 2.05) is 24.3 Å². The van der Waals surface area contributed by atoms with E-state index in [9.17, 15) is 9.59 Å². The highest BCUT2D eigenvalue weighted by Gasteiger charge is 2.18. The van der Waals surface area contributed by atoms with Crippen molar-refractivity contribution in [1.82, 2.24) is 10.3 Å². The Labute approximate surface area is 165 Å². The predicted molar refractivity (Wildman–Crippen MR) is 109 cm³/mol. The van der Waals surface area contributed by atoms with Crippen molar-refractivity contribution in [3.05, 3.63) is 59.4 Å². The van der Waals surface area contributed by atoms with Crippen molar-refractivity contribution in [1.29, 1.82) is 0 Å². The molecule has 0 bridgehead atoms. The van der Waals surface area contributed by atoms with Gasteiger partial charge in [-0.3, -0.25) is 14.6 Å². The van der Waals surface area contributed by atoms with Crippen LogP contribution >= 0.6 is 0 Å². The number of pyridine rings is 1. The predicted octanol–water partition coefficient (Wildman–Crippen LogP) is 3.54. The fourth-order valence-corrected chi connectivity index (χ4v) is 3.06. The Morgan fingerprint density at radius 2 is 1.79 bits per heavy atom. The summed E-state index contributed by atoms with van der Waals surface area (Å²) in [5, 5.41) is 5.69. The zero-order chi connectivity index (χ0) is 20.1. The first-order chi connectivity index (χ1) is 13.3. The zero-order valence-electron chi connectivity index (χ0n) is 16.6. The average Bonchev–Trinajstić information content (AvgIpc) is 3.19. The summed E-state index contributed by atoms with van der Waals surface area (Å²) in [7, 11) is 0. The van der Waals surface area contributed by atoms with Crippen LogP contribution in [0.1, 0.15) is 59.9 Å². The number of rotatable bonds is 5. The van der Waals surface area contributed by atoms with Crippen molar-refractivity contribution in [3.63, 3.8) is 0 Å². The lowest BCUT2D eigenvalue weighted by molar-refractivity contribution is 0.0857. The quantitative estimate of drug-likeness (QED) is 0.830. The molecule has 1 unspecified atom stereocenters. The standard InChI is InChI=1S/C22H27N3O3/c1-22(2,3)17-6-8-18(9-7-17)25-21(27)16-11-15(12-23-13-16)20(26)24-14-19-5-4-10-28-19/h6-9,11-13,19H,4-5,10,14H2,1-3H3,(H,24,26)(H,25,27). The van der Waals surface area contributed by atoms with Crippen LogP contribution in [0.2, 0.25) is 0 Å². The minimum absolute atomic E-state index is 0.0533. The molecule has 1 aromatic carbocycles. The fourth-order valence-electron chi connectivity index (χ4n) is 3.06. The number of anilines is 1. The molecule has 28 heavy (non-hydrogen) atoms. The van der Waals surface area contributed by atoms with Crippen molar-refractivity contribution in [2.24, 2.45) is 0 Å². The van der Waals surface area contributed by atoms with E-state index in [0.29, 0.717) is 23.4 Å². The number of nitrogens with one attached hydrogen (secondary N) is 2. The van der Waals surface area contributed by atoms with Crippen molar-refractivity contribution in [2.45, 2.75) is 45.1 Å². The third-order valence-corrected chi connectivity index (χ3v) is 4.79. The molecular formula is C22H27N3O3. The van der Waals surface area contributed by atoms with Gasteiger partial charge in [-0.15, -0.1) is 0 Å². The minimum atomic E-state index is -0.301. The highest BCUT2D eigenvalue weighted by Crippen LogP contribution is 2.23. The molecule has 2 heterocycles. The van der Waals surface area contributed by atoms with Gasteiger partial charge in [0, 0.05) is 31.2 Å². The number of nitrogens with zero attached hydrogens (tertiary/aromatic N) is 1. The summed E-state index contributed by atoms with van der Waals surface area (Å²) < 4.78 is 5.50. The number of carbonyl (C=O) groups is 2. The highest BCUT2D eigenvalue weighted by molar-refractivity contribution is 6.05. The molecule has 2 aromatic rings. The third-order valence-electron chi connectivity index (χ3n) is 4.79. The van der Waals surface area contributed by atoms with Gasteiger partial charge in [-0.05, 0) is 42.0 Å². The number of benzene rings is 1. The Kier molecular flexibility index (Phi) is 6.09. The van der Waals surface area contributed by atoms with E-state index in [0.717, 1.165) is 19.4 Å². The number of aromatic nitrogens is 1. The molecule has 1 aromatic heterocycles. The first-order valence-corrected chi connectivity index (χ1v) is 9.60. The molecule has 1 saturated heterocycles. The number of ether oxygens (including phenoxy) is 1. The minimum Gasteiger partial charge on any atom is -0.376 e. The molecule has 6 heteroatoms. The number of hydrogen-bond donors (Lipinski definition) is 2. The van der Waals surface area contributed by atoms with E-state index in [1.165, 1.54) is 18.0 Å². The zero-order valence-corrected chi connectivity index (χ0v) is 16.6. The van der Waals surface area contributed by atoms with Crippen molar-refractivity contribution in [3.8, 4) is 0 Å². The first-order valence-electron chi connectivity index (χ1n) is 9.60. The van der Waals surface area contributed by atoms with Gasteiger partial charge in [0.25, 0.3) is 11.8 Å². The van der Waals surface area contributed by atoms with E-state index in [2.05, 4.69) is 36.4 Å². The van der Waals surface area contributed by atoms with Crippen LogP contribution in [0.3, 0.4) is 0 Å². The summed E-state index contributed by atoms with van der Waals surface area (Å²) in [5.74, 6) is -0.558. The Morgan fingerprint density at radius 1 is 1.11 bits per heavy atom. The van der Waals surface area contributed by atoms with E-state index in [-0.39, 0.29) is 23.3 Å². The molecule has 0 aliphatic carbocycles. The van der Waals surface area contributed by atoms with Crippen LogP contribution in [0.5, 0.6) is 0 Å². The summed E-state index contributed by atoms with van der Waals surface area (Å²) in [6.07, 6.45) is 4.96. The Morgan fingerprint density at radius 3 is 2.39 bits per heavy atom. The third kappa shape index (κ3) is 5.16. The van der Waals surface area contributed by atoms with Gasteiger partial charge < -0.3 is 15.4 Å². The second-order valence-electron chi connectivity index (χ2n) is 8.09. The largest absolute Gasteiger partial charge is 0.376 e. The van der Waals surface area contributed by atoms with Crippen LogP contribution in [0.4, 0.5) is 5.69 Å². The molecule has 0 spiro atoms. The van der Waals surface area contributed by atoms with E-state index in [1.54, 1.807) is 6.07 Å². The van der Waals surface area contributed by atoms with Crippen LogP contribution in [0.15, 0.2) is 42.7 Å². The maximum Gasteiger partial charge on any atom is 0.257 e. The molecule has 2 amide bonds. The molecule has 0 saturated carbocycles. The summed E-state index contributed by atoms with van der Waals surface area (Å²) in [6.45, 7) is 7.63. The first kappa shape index (κ1) is 20.0. The normalized spacial score (nSPS) is 16.6. The lowest BCUT2D eigenvalue weighted by atomic mass is 9.87. The Balaban J connectivity index is 1.62. The van der Waals surface area contributed by atoms with Crippen LogP contribution in [-0.2, 0) is 10.2 Å². The lowest BCUT2D eigenvalue weighted by Gasteiger charge is -2.19. The second kappa shape index (κ2) is 8.52. The maximum absolute atomic E-state index is 12.5. The van der Waals surface area contributed by atoms with E-state index in [4.69, 9.17) is 4.74 Å². The number of hydrogen-bond acceptors (Lipinski definition) is 4. The SMILES string of the molecule is CC(C)(C)c1ccc(NC(=O)c2cncc(C(=O)NCC3CCCO3)c2)cc1. The molecule has 1 aliphatic heterocycles. The molecule has 1 fully saturated rings. The van der Waals surface area contributed by atoms with Gasteiger partial charge in [0.15, 0.2) is 0 Å². The van der Waals surface area contributed by atoms with Crippen LogP contribution in [-0.4, -0.2) is 36.1 Å². The van der Waals surface area contributed by atoms with Gasteiger partial charge in [-0.1, -0.05) is 32.9 Å². The monoisotopic (exact) mass is 381 g/mol. The van der Waals surface area contributed by atoms with Crippen LogP contribution in [0, 0.1) is 0 Å². The van der Waals surface area contributed by atoms with Gasteiger partial charge in [0.05, 0.1) is 17.2 Å². The van der Waals surface area contributed by atoms with Crippen LogP contribution < -0.4 is 10.6 Å². The summed E-state index contributed by atoms with van der Waals surface area (Å²) >= 11 is 0. The summed E-state index contributed by atoms with van der Waals surface area (Å²) in [5.41, 5.74) is 2.64. The van der Waals surface area contributed by atoms with Gasteiger partial charge in [-0.25, -0.2) is 0 Å². The highest BCUT2D eigenvalue weighted by atomic mass is 16.5. The molecule has 1 atom stereocenters. The smallest absolute Gasteiger partial charge is 0.257 e. The molecule has 6 nitrogen and oxygen atoms in total. The Hall–Kier alpha value is -2.73. The number of amides is 2. The fraction of sp³-hybridized carbons (Fsp3) is 0.409. The van der Waals surface area contributed by atoms with Gasteiger partial charge >= 0.3 is 0 Å². The van der Waals surface area contributed by atoms with Crippen molar-refractivity contribution in [2.75, 3.05) is 18.5 Å². The Bertz CT molecular complexity index is 835. The van der Waals surface area contributed by atoms with Gasteiger partial charge in [0.1, 0.15) is 0 Å². The van der Waals surface area contributed by atoms with Gasteiger partial charge in [-0.2, -0.15) is 0 Å². The average molecular weight is 381 g/mol. The maximum atomic E-state index is 12.5. The summed E-state index contributed by atoms with van der Waals surface area (Å²) in [6, 6.07) is 9.32. The van der Waals surface area contributed by atoms with Crippen LogP contribution in [0.25, 0.3) is 0 Å². The van der Waals surface area contributed by atoms with Crippen molar-refractivity contribution >= 4 is 17.5 Å². The number of carbonyl (C=O) groups excluding carboxylic acids is 2. The molecule has 148 valence electrons. The van der Waals surface area contributed by atoms with E-state index >= 15 is 0 Å². The second-order valence-corrected chi connectivity index (χ2v) is 8.09. The molecule has 3 rings (SSSR count). The molecule has 1 aliphatic rings. The molecular weight excluding hydrogens is 354 g/mol. The molecule has 0 radical (unpaired) electrons. The lowest BCUT2D eigenvalue weighted by Crippen LogP contribution is -2.32. The van der Waals surface area contributed by atoms with E-state index < -0.39 is 0 Å². The van der Waals surface area contributed by atoms with Gasteiger partial charge in [0.2, 0.25) is 0 Å². The topological polar surface area (TPSA) is 80.3 Å². The summed E-state index contributed by atoms with van der Waals surface area (Å²) in [4.78, 5) is 28.9. The van der Waals surface area contributed by atoms with Crippen molar-refractivity contribution < 1.29 is 14.3 Å². The molecule has 2 N–H and O–H groups in total.